The van der Waals surface area contributed by atoms with Crippen LogP contribution in [0.5, 0.6) is 0 Å². The van der Waals surface area contributed by atoms with Crippen LogP contribution in [0.25, 0.3) is 0 Å². The molecule has 0 aromatic rings. The number of carbonyl (C=O) groups excluding carboxylic acids is 1. The van der Waals surface area contributed by atoms with Crippen molar-refractivity contribution in [3.05, 3.63) is 24.3 Å². The lowest BCUT2D eigenvalue weighted by Gasteiger charge is -1.99. The van der Waals surface area contributed by atoms with Crippen LogP contribution in [0.2, 0.25) is 0 Å². The second-order valence-electron chi connectivity index (χ2n) is 2.98. The van der Waals surface area contributed by atoms with E-state index in [0.717, 1.165) is 12.8 Å². The number of carbonyl (C=O) groups is 2. The molecule has 0 bridgehead atoms. The van der Waals surface area contributed by atoms with Crippen LogP contribution in [0.1, 0.15) is 19.8 Å². The van der Waals surface area contributed by atoms with Gasteiger partial charge in [0, 0.05) is 0 Å². The highest BCUT2D eigenvalue weighted by Gasteiger charge is 2.05. The van der Waals surface area contributed by atoms with Gasteiger partial charge in [-0.1, -0.05) is 26.5 Å². The Hall–Kier alpha value is -2.60. The van der Waals surface area contributed by atoms with Crippen LogP contribution in [-0.2, 0) is 14.3 Å². The number of rotatable bonds is 5. The minimum atomic E-state index is -1.26. The van der Waals surface area contributed by atoms with Gasteiger partial charge < -0.3 is 9.84 Å². The van der Waals surface area contributed by atoms with Gasteiger partial charge in [-0.2, -0.15) is 10.5 Å². The van der Waals surface area contributed by atoms with Crippen molar-refractivity contribution in [2.24, 2.45) is 0 Å². The molecule has 0 heterocycles. The van der Waals surface area contributed by atoms with Crippen LogP contribution in [-0.4, -0.2) is 23.7 Å². The lowest BCUT2D eigenvalue weighted by Crippen LogP contribution is -2.06. The van der Waals surface area contributed by atoms with Crippen LogP contribution in [0.4, 0.5) is 0 Å². The molecule has 6 heteroatoms. The average molecular weight is 250 g/mol. The van der Waals surface area contributed by atoms with Crippen molar-refractivity contribution in [2.75, 3.05) is 6.61 Å². The highest BCUT2D eigenvalue weighted by molar-refractivity contribution is 5.91. The maximum atomic E-state index is 10.7. The number of carboxylic acids is 1. The third-order valence-electron chi connectivity index (χ3n) is 1.51. The molecule has 96 valence electrons. The highest BCUT2D eigenvalue weighted by atomic mass is 16.5. The fraction of sp³-hybridized carbons (Fsp3) is 0.333. The molecule has 0 saturated carbocycles. The number of unbranched alkanes of at least 4 members (excludes halogenated alkanes) is 1. The summed E-state index contributed by atoms with van der Waals surface area (Å²) in [5.41, 5.74) is -0.568. The monoisotopic (exact) mass is 250 g/mol. The van der Waals surface area contributed by atoms with E-state index in [1.165, 1.54) is 6.07 Å². The van der Waals surface area contributed by atoms with E-state index < -0.39 is 17.5 Å². The maximum Gasteiger partial charge on any atom is 0.348 e. The molecule has 0 unspecified atom stereocenters. The predicted octanol–water partition coefficient (Wildman–Crippen LogP) is 1.56. The van der Waals surface area contributed by atoms with Crippen molar-refractivity contribution in [3.8, 4) is 12.1 Å². The number of nitrogens with zero attached hydrogens (tertiary/aromatic N) is 2. The van der Waals surface area contributed by atoms with E-state index >= 15 is 0 Å². The summed E-state index contributed by atoms with van der Waals surface area (Å²) >= 11 is 0. The van der Waals surface area contributed by atoms with Crippen molar-refractivity contribution in [2.45, 2.75) is 19.8 Å². The summed E-state index contributed by atoms with van der Waals surface area (Å²) < 4.78 is 4.67. The Morgan fingerprint density at radius 1 is 1.22 bits per heavy atom. The van der Waals surface area contributed by atoms with Gasteiger partial charge >= 0.3 is 11.9 Å². The number of hydrogen-bond acceptors (Lipinski definition) is 5. The van der Waals surface area contributed by atoms with E-state index in [0.29, 0.717) is 6.61 Å². The smallest absolute Gasteiger partial charge is 0.348 e. The average Bonchev–Trinajstić information content (AvgIpc) is 2.37. The molecule has 1 N–H and O–H groups in total. The summed E-state index contributed by atoms with van der Waals surface area (Å²) in [4.78, 5) is 20.3. The van der Waals surface area contributed by atoms with Crippen molar-refractivity contribution < 1.29 is 19.4 Å². The van der Waals surface area contributed by atoms with Crippen molar-refractivity contribution >= 4 is 11.9 Å². The molecule has 0 amide bonds. The SMILES string of the molecule is C=C(C#N)C(=O)O.C=C(C#N)C(=O)OCCCC. The molecule has 0 saturated heterocycles. The standard InChI is InChI=1S/C8H11NO2.C4H3NO2/c1-3-4-5-11-8(10)7(2)6-9;1-3(2-5)4(6)7/h2-5H2,1H3;1H2,(H,6,7). The number of nitriles is 2. The molecule has 0 aromatic heterocycles. The van der Waals surface area contributed by atoms with Gasteiger partial charge in [0.1, 0.15) is 23.3 Å². The molecule has 0 aliphatic rings. The van der Waals surface area contributed by atoms with Gasteiger partial charge in [-0.05, 0) is 6.42 Å². The zero-order valence-electron chi connectivity index (χ0n) is 10.1. The summed E-state index contributed by atoms with van der Waals surface area (Å²) in [5.74, 6) is -1.87. The summed E-state index contributed by atoms with van der Waals surface area (Å²) in [6.07, 6.45) is 1.79. The predicted molar refractivity (Wildman–Crippen MR) is 63.0 cm³/mol. The number of hydrogen-bond donors (Lipinski definition) is 1. The molecule has 0 aromatic carbocycles. The first-order valence-corrected chi connectivity index (χ1v) is 4.99. The van der Waals surface area contributed by atoms with Crippen LogP contribution in [0.3, 0.4) is 0 Å². The third-order valence-corrected chi connectivity index (χ3v) is 1.51. The Bertz CT molecular complexity index is 413. The van der Waals surface area contributed by atoms with Gasteiger partial charge in [-0.15, -0.1) is 0 Å². The van der Waals surface area contributed by atoms with Crippen molar-refractivity contribution in [1.82, 2.24) is 0 Å². The summed E-state index contributed by atoms with van der Waals surface area (Å²) in [6, 6.07) is 2.99. The van der Waals surface area contributed by atoms with Gasteiger partial charge in [0.15, 0.2) is 0 Å². The third kappa shape index (κ3) is 9.94. The second-order valence-corrected chi connectivity index (χ2v) is 2.98. The number of aliphatic carboxylic acids is 1. The first-order chi connectivity index (χ1) is 8.40. The van der Waals surface area contributed by atoms with Crippen LogP contribution >= 0.6 is 0 Å². The Labute approximate surface area is 105 Å². The molecule has 0 fully saturated rings. The quantitative estimate of drug-likeness (QED) is 0.343. The molecule has 18 heavy (non-hydrogen) atoms. The molecular weight excluding hydrogens is 236 g/mol. The molecule has 0 atom stereocenters. The second kappa shape index (κ2) is 10.9. The number of ether oxygens (including phenoxy) is 1. The van der Waals surface area contributed by atoms with Crippen molar-refractivity contribution in [1.29, 1.82) is 10.5 Å². The lowest BCUT2D eigenvalue weighted by molar-refractivity contribution is -0.138. The fourth-order valence-electron chi connectivity index (χ4n) is 0.490. The molecule has 0 aliphatic heterocycles. The normalized spacial score (nSPS) is 7.72. The van der Waals surface area contributed by atoms with Gasteiger partial charge in [0.2, 0.25) is 0 Å². The Morgan fingerprint density at radius 3 is 2.00 bits per heavy atom. The molecular formula is C12H14N2O4. The molecule has 0 aliphatic carbocycles. The zero-order valence-corrected chi connectivity index (χ0v) is 10.1. The van der Waals surface area contributed by atoms with E-state index in [2.05, 4.69) is 17.9 Å². The number of esters is 1. The summed E-state index contributed by atoms with van der Waals surface area (Å²) in [6.45, 7) is 8.49. The topological polar surface area (TPSA) is 111 Å². The molecule has 0 rings (SSSR count). The van der Waals surface area contributed by atoms with E-state index in [4.69, 9.17) is 15.6 Å². The van der Waals surface area contributed by atoms with E-state index in [1.807, 2.05) is 6.92 Å². The minimum Gasteiger partial charge on any atom is -0.477 e. The minimum absolute atomic E-state index is 0.138. The molecule has 0 spiro atoms. The number of carboxylic acid groups (broad SMARTS) is 1. The zero-order chi connectivity index (χ0) is 14.6. The summed E-state index contributed by atoms with van der Waals surface area (Å²) in [5, 5.41) is 23.8. The lowest BCUT2D eigenvalue weighted by atomic mass is 10.3. The highest BCUT2D eigenvalue weighted by Crippen LogP contribution is 1.94. The molecule has 6 nitrogen and oxygen atoms in total. The van der Waals surface area contributed by atoms with Crippen LogP contribution < -0.4 is 0 Å². The van der Waals surface area contributed by atoms with Gasteiger partial charge in [0.05, 0.1) is 6.61 Å². The van der Waals surface area contributed by atoms with E-state index in [-0.39, 0.29) is 5.57 Å². The summed E-state index contributed by atoms with van der Waals surface area (Å²) in [7, 11) is 0. The van der Waals surface area contributed by atoms with Gasteiger partial charge in [-0.25, -0.2) is 9.59 Å². The maximum absolute atomic E-state index is 10.7. The van der Waals surface area contributed by atoms with E-state index in [1.54, 1.807) is 6.07 Å². The van der Waals surface area contributed by atoms with Crippen LogP contribution in [0, 0.1) is 22.7 Å². The Balaban J connectivity index is 0. The first-order valence-electron chi connectivity index (χ1n) is 4.99. The van der Waals surface area contributed by atoms with Crippen LogP contribution in [0.15, 0.2) is 24.3 Å². The van der Waals surface area contributed by atoms with Gasteiger partial charge in [0.25, 0.3) is 0 Å². The van der Waals surface area contributed by atoms with E-state index in [9.17, 15) is 9.59 Å². The Kier molecular flexibility index (Phi) is 10.8. The largest absolute Gasteiger partial charge is 0.477 e. The van der Waals surface area contributed by atoms with Crippen molar-refractivity contribution in [3.63, 3.8) is 0 Å². The van der Waals surface area contributed by atoms with Gasteiger partial charge in [-0.3, -0.25) is 0 Å². The Morgan fingerprint density at radius 2 is 1.72 bits per heavy atom. The first kappa shape index (κ1) is 17.8. The fourth-order valence-corrected chi connectivity index (χ4v) is 0.490. The molecule has 0 radical (unpaired) electrons.